The summed E-state index contributed by atoms with van der Waals surface area (Å²) in [4.78, 5) is 31.1. The molecule has 2 rings (SSSR count). The van der Waals surface area contributed by atoms with Crippen LogP contribution in [0.15, 0.2) is 18.3 Å². The molecule has 2 aromatic rings. The average molecular weight is 455 g/mol. The number of aromatic nitrogens is 3. The summed E-state index contributed by atoms with van der Waals surface area (Å²) in [5, 5.41) is 0.366. The maximum absolute atomic E-state index is 12.8. The van der Waals surface area contributed by atoms with Gasteiger partial charge in [0.1, 0.15) is 21.6 Å². The number of hydrogen-bond donors (Lipinski definition) is 3. The Morgan fingerprint density at radius 2 is 1.83 bits per heavy atom. The highest BCUT2D eigenvalue weighted by molar-refractivity contribution is 7.53. The fraction of sp³-hybridized carbons (Fsp3) is 0.438. The van der Waals surface area contributed by atoms with E-state index in [-0.39, 0.29) is 36.1 Å². The van der Waals surface area contributed by atoms with E-state index in [0.29, 0.717) is 6.20 Å². The van der Waals surface area contributed by atoms with Gasteiger partial charge in [-0.05, 0) is 25.0 Å². The first-order valence-corrected chi connectivity index (χ1v) is 10.4. The van der Waals surface area contributed by atoms with Crippen molar-refractivity contribution in [1.29, 1.82) is 0 Å². The number of rotatable bonds is 7. The highest BCUT2D eigenvalue weighted by atomic mass is 35.5. The second-order valence-corrected chi connectivity index (χ2v) is 8.36. The zero-order chi connectivity index (χ0) is 22.0. The lowest BCUT2D eigenvalue weighted by Crippen LogP contribution is -2.26. The first-order valence-electron chi connectivity index (χ1n) is 8.37. The van der Waals surface area contributed by atoms with Crippen LogP contribution in [0.3, 0.4) is 0 Å². The van der Waals surface area contributed by atoms with E-state index in [1.54, 1.807) is 13.8 Å². The van der Waals surface area contributed by atoms with E-state index in [2.05, 4.69) is 20.3 Å². The molecule has 0 fully saturated rings. The van der Waals surface area contributed by atoms with Crippen molar-refractivity contribution in [2.75, 3.05) is 12.4 Å². The fourth-order valence-electron chi connectivity index (χ4n) is 2.86. The average Bonchev–Trinajstić information content (AvgIpc) is 2.62. The van der Waals surface area contributed by atoms with Gasteiger partial charge in [-0.2, -0.15) is 13.2 Å². The fourth-order valence-corrected chi connectivity index (χ4v) is 4.34. The molecule has 29 heavy (non-hydrogen) atoms. The third kappa shape index (κ3) is 4.63. The normalized spacial score (nSPS) is 12.7. The molecular formula is C16H19ClF3N4O4P. The van der Waals surface area contributed by atoms with Gasteiger partial charge in [0.15, 0.2) is 0 Å². The molecule has 0 radical (unpaired) electrons. The number of nitrogens with one attached hydrogen (secondary N) is 1. The van der Waals surface area contributed by atoms with Crippen LogP contribution in [-0.2, 0) is 15.9 Å². The molecule has 0 unspecified atom stereocenters. The van der Waals surface area contributed by atoms with E-state index >= 15 is 0 Å². The van der Waals surface area contributed by atoms with Crippen LogP contribution in [0.4, 0.5) is 24.8 Å². The summed E-state index contributed by atoms with van der Waals surface area (Å²) in [5.74, 6) is -0.273. The van der Waals surface area contributed by atoms with Crippen LogP contribution in [0.25, 0.3) is 0 Å². The smallest absolute Gasteiger partial charge is 0.420 e. The van der Waals surface area contributed by atoms with Crippen LogP contribution < -0.4 is 10.1 Å². The van der Waals surface area contributed by atoms with Gasteiger partial charge < -0.3 is 19.8 Å². The molecule has 0 atom stereocenters. The van der Waals surface area contributed by atoms with E-state index in [9.17, 15) is 27.5 Å². The van der Waals surface area contributed by atoms with E-state index in [1.807, 2.05) is 0 Å². The van der Waals surface area contributed by atoms with E-state index in [1.165, 1.54) is 19.2 Å². The molecule has 0 saturated heterocycles. The molecule has 2 aromatic heterocycles. The third-order valence-electron chi connectivity index (χ3n) is 4.55. The Kier molecular flexibility index (Phi) is 6.79. The zero-order valence-electron chi connectivity index (χ0n) is 15.7. The van der Waals surface area contributed by atoms with Crippen molar-refractivity contribution in [2.45, 2.75) is 38.0 Å². The number of halogens is 4. The van der Waals surface area contributed by atoms with E-state index < -0.39 is 29.6 Å². The van der Waals surface area contributed by atoms with Crippen LogP contribution >= 0.6 is 19.2 Å². The van der Waals surface area contributed by atoms with Gasteiger partial charge in [0.25, 0.3) is 0 Å². The standard InChI is InChI=1S/C16H19ClF3N4O4P/c1-4-15(5-2,29(25,26)27)11-7-6-10(13(23-11)28-3)22-14-21-8-9(12(17)24-14)16(18,19)20/h6-8H,4-5H2,1-3H3,(H,21,22,24)(H2,25,26,27). The second-order valence-electron chi connectivity index (χ2n) is 6.06. The van der Waals surface area contributed by atoms with Gasteiger partial charge >= 0.3 is 13.8 Å². The summed E-state index contributed by atoms with van der Waals surface area (Å²) in [6.45, 7) is 3.28. The number of anilines is 2. The molecule has 3 N–H and O–H groups in total. The summed E-state index contributed by atoms with van der Waals surface area (Å²) >= 11 is 5.58. The minimum atomic E-state index is -4.69. The molecule has 0 aliphatic rings. The number of nitrogens with zero attached hydrogens (tertiary/aromatic N) is 3. The number of pyridine rings is 1. The second kappa shape index (κ2) is 8.43. The quantitative estimate of drug-likeness (QED) is 0.414. The number of ether oxygens (including phenoxy) is 1. The van der Waals surface area contributed by atoms with Gasteiger partial charge in [-0.15, -0.1) is 0 Å². The van der Waals surface area contributed by atoms with Crippen LogP contribution in [0, 0.1) is 0 Å². The van der Waals surface area contributed by atoms with Crippen molar-refractivity contribution in [1.82, 2.24) is 15.0 Å². The lowest BCUT2D eigenvalue weighted by atomic mass is 9.97. The number of methoxy groups -OCH3 is 1. The molecule has 0 saturated carbocycles. The minimum Gasteiger partial charge on any atom is -0.480 e. The lowest BCUT2D eigenvalue weighted by molar-refractivity contribution is -0.137. The van der Waals surface area contributed by atoms with Gasteiger partial charge in [0.2, 0.25) is 11.8 Å². The predicted octanol–water partition coefficient (Wildman–Crippen LogP) is 4.49. The van der Waals surface area contributed by atoms with Crippen LogP contribution in [0.2, 0.25) is 5.15 Å². The van der Waals surface area contributed by atoms with Crippen LogP contribution in [0.1, 0.15) is 37.9 Å². The van der Waals surface area contributed by atoms with Gasteiger partial charge in [-0.3, -0.25) is 4.57 Å². The minimum absolute atomic E-state index is 0.0400. The molecule has 0 amide bonds. The summed E-state index contributed by atoms with van der Waals surface area (Å²) in [6.07, 6.45) is -3.88. The molecule has 0 aromatic carbocycles. The first-order chi connectivity index (χ1) is 13.4. The van der Waals surface area contributed by atoms with Gasteiger partial charge in [-0.1, -0.05) is 25.4 Å². The summed E-state index contributed by atoms with van der Waals surface area (Å²) in [6, 6.07) is 2.83. The maximum atomic E-state index is 12.8. The van der Waals surface area contributed by atoms with E-state index in [4.69, 9.17) is 16.3 Å². The van der Waals surface area contributed by atoms with Crippen molar-refractivity contribution in [2.24, 2.45) is 0 Å². The molecule has 13 heteroatoms. The van der Waals surface area contributed by atoms with Crippen molar-refractivity contribution < 1.29 is 32.3 Å². The van der Waals surface area contributed by atoms with Crippen molar-refractivity contribution in [3.8, 4) is 5.88 Å². The molecule has 160 valence electrons. The molecule has 0 bridgehead atoms. The highest BCUT2D eigenvalue weighted by Gasteiger charge is 2.47. The maximum Gasteiger partial charge on any atom is 0.420 e. The monoisotopic (exact) mass is 454 g/mol. The molecule has 0 aliphatic heterocycles. The molecule has 8 nitrogen and oxygen atoms in total. The Balaban J connectivity index is 2.44. The summed E-state index contributed by atoms with van der Waals surface area (Å²) < 4.78 is 55.6. The van der Waals surface area contributed by atoms with Gasteiger partial charge in [0.05, 0.1) is 12.8 Å². The molecule has 0 aliphatic carbocycles. The first kappa shape index (κ1) is 23.3. The summed E-state index contributed by atoms with van der Waals surface area (Å²) in [7, 11) is -3.27. The number of hydrogen-bond acceptors (Lipinski definition) is 6. The van der Waals surface area contributed by atoms with Gasteiger partial charge in [0, 0.05) is 6.20 Å². The van der Waals surface area contributed by atoms with Crippen molar-refractivity contribution in [3.63, 3.8) is 0 Å². The Hall–Kier alpha value is -1.94. The van der Waals surface area contributed by atoms with Crippen LogP contribution in [-0.4, -0.2) is 31.8 Å². The summed E-state index contributed by atoms with van der Waals surface area (Å²) in [5.41, 5.74) is -0.869. The SMILES string of the molecule is CCC(CC)(c1ccc(Nc2ncc(C(F)(F)F)c(Cl)n2)c(OC)n1)P(=O)(O)O. The van der Waals surface area contributed by atoms with Gasteiger partial charge in [-0.25, -0.2) is 15.0 Å². The zero-order valence-corrected chi connectivity index (χ0v) is 17.3. The molecule has 0 spiro atoms. The highest BCUT2D eigenvalue weighted by Crippen LogP contribution is 2.60. The Labute approximate surface area is 169 Å². The Morgan fingerprint density at radius 1 is 1.21 bits per heavy atom. The van der Waals surface area contributed by atoms with Crippen molar-refractivity contribution in [3.05, 3.63) is 34.7 Å². The Morgan fingerprint density at radius 3 is 2.28 bits per heavy atom. The van der Waals surface area contributed by atoms with E-state index in [0.717, 1.165) is 0 Å². The molecular weight excluding hydrogens is 436 g/mol. The number of alkyl halides is 3. The Bertz CT molecular complexity index is 935. The third-order valence-corrected chi connectivity index (χ3v) is 6.82. The lowest BCUT2D eigenvalue weighted by Gasteiger charge is -2.32. The predicted molar refractivity (Wildman–Crippen MR) is 100 cm³/mol. The topological polar surface area (TPSA) is 117 Å². The largest absolute Gasteiger partial charge is 0.480 e. The van der Waals surface area contributed by atoms with Crippen LogP contribution in [0.5, 0.6) is 5.88 Å². The molecule has 2 heterocycles. The van der Waals surface area contributed by atoms with Crippen molar-refractivity contribution >= 4 is 30.8 Å².